The molecule has 1 aliphatic heterocycles. The molecule has 0 unspecified atom stereocenters. The first kappa shape index (κ1) is 22.1. The third-order valence-electron chi connectivity index (χ3n) is 4.96. The lowest BCUT2D eigenvalue weighted by Gasteiger charge is -2.34. The highest BCUT2D eigenvalue weighted by Gasteiger charge is 2.26. The van der Waals surface area contributed by atoms with E-state index in [4.69, 9.17) is 32.7 Å². The van der Waals surface area contributed by atoms with Gasteiger partial charge in [-0.15, -0.1) is 0 Å². The van der Waals surface area contributed by atoms with Gasteiger partial charge in [-0.25, -0.2) is 4.79 Å². The van der Waals surface area contributed by atoms with Gasteiger partial charge in [-0.1, -0.05) is 29.3 Å². The van der Waals surface area contributed by atoms with Crippen LogP contribution in [0.4, 0.5) is 10.5 Å². The number of methoxy groups -OCH3 is 2. The zero-order valence-corrected chi connectivity index (χ0v) is 18.5. The second-order valence-electron chi connectivity index (χ2n) is 6.87. The second kappa shape index (κ2) is 9.45. The smallest absolute Gasteiger partial charge is 0.321 e. The van der Waals surface area contributed by atoms with Crippen LogP contribution in [0.1, 0.15) is 15.9 Å². The van der Waals surface area contributed by atoms with Crippen molar-refractivity contribution < 1.29 is 19.1 Å². The van der Waals surface area contributed by atoms with Crippen molar-refractivity contribution in [3.05, 3.63) is 51.5 Å². The Bertz CT molecular complexity index is 960. The molecule has 1 saturated heterocycles. The molecule has 0 aliphatic carbocycles. The van der Waals surface area contributed by atoms with Gasteiger partial charge in [-0.2, -0.15) is 0 Å². The van der Waals surface area contributed by atoms with E-state index in [1.54, 1.807) is 34.1 Å². The second-order valence-corrected chi connectivity index (χ2v) is 7.68. The van der Waals surface area contributed by atoms with Gasteiger partial charge in [0, 0.05) is 42.5 Å². The van der Waals surface area contributed by atoms with E-state index in [-0.39, 0.29) is 11.9 Å². The van der Waals surface area contributed by atoms with Crippen molar-refractivity contribution in [2.45, 2.75) is 6.92 Å². The lowest BCUT2D eigenvalue weighted by molar-refractivity contribution is 0.0671. The van der Waals surface area contributed by atoms with Crippen LogP contribution in [0.15, 0.2) is 30.3 Å². The summed E-state index contributed by atoms with van der Waals surface area (Å²) in [4.78, 5) is 28.8. The molecule has 1 aliphatic rings. The average Bonchev–Trinajstić information content (AvgIpc) is 2.75. The van der Waals surface area contributed by atoms with Crippen LogP contribution >= 0.6 is 23.2 Å². The number of nitrogens with zero attached hydrogens (tertiary/aromatic N) is 2. The van der Waals surface area contributed by atoms with Gasteiger partial charge in [0.05, 0.1) is 19.2 Å². The van der Waals surface area contributed by atoms with Crippen molar-refractivity contribution in [1.82, 2.24) is 9.80 Å². The van der Waals surface area contributed by atoms with Crippen molar-refractivity contribution in [3.8, 4) is 11.5 Å². The van der Waals surface area contributed by atoms with Gasteiger partial charge in [0.1, 0.15) is 0 Å². The molecule has 3 amide bonds. The third-order valence-corrected chi connectivity index (χ3v) is 5.65. The number of carbonyl (C=O) groups is 2. The molecule has 3 rings (SSSR count). The first-order valence-electron chi connectivity index (χ1n) is 9.37. The summed E-state index contributed by atoms with van der Waals surface area (Å²) >= 11 is 12.3. The van der Waals surface area contributed by atoms with Gasteiger partial charge >= 0.3 is 6.03 Å². The fraction of sp³-hybridized carbons (Fsp3) is 0.333. The Hall–Kier alpha value is -2.64. The number of rotatable bonds is 4. The highest BCUT2D eigenvalue weighted by atomic mass is 35.5. The van der Waals surface area contributed by atoms with Crippen LogP contribution in [0.2, 0.25) is 10.0 Å². The fourth-order valence-electron chi connectivity index (χ4n) is 3.21. The number of hydrogen-bond donors (Lipinski definition) is 1. The van der Waals surface area contributed by atoms with Gasteiger partial charge in [-0.05, 0) is 36.8 Å². The summed E-state index contributed by atoms with van der Waals surface area (Å²) in [6, 6.07) is 8.31. The average molecular weight is 452 g/mol. The van der Waals surface area contributed by atoms with E-state index in [1.165, 1.54) is 14.2 Å². The first-order chi connectivity index (χ1) is 14.3. The summed E-state index contributed by atoms with van der Waals surface area (Å²) in [7, 11) is 2.97. The molecule has 30 heavy (non-hydrogen) atoms. The molecule has 1 fully saturated rings. The number of aryl methyl sites for hydroxylation is 1. The van der Waals surface area contributed by atoms with Crippen LogP contribution < -0.4 is 14.8 Å². The highest BCUT2D eigenvalue weighted by molar-refractivity contribution is 6.32. The van der Waals surface area contributed by atoms with Gasteiger partial charge in [0.15, 0.2) is 11.5 Å². The van der Waals surface area contributed by atoms with E-state index in [0.29, 0.717) is 59.0 Å². The highest BCUT2D eigenvalue weighted by Crippen LogP contribution is 2.36. The van der Waals surface area contributed by atoms with Crippen molar-refractivity contribution in [2.75, 3.05) is 45.7 Å². The van der Waals surface area contributed by atoms with E-state index >= 15 is 0 Å². The van der Waals surface area contributed by atoms with Crippen LogP contribution in [0.5, 0.6) is 11.5 Å². The van der Waals surface area contributed by atoms with Crippen LogP contribution in [0.25, 0.3) is 0 Å². The van der Waals surface area contributed by atoms with E-state index in [2.05, 4.69) is 5.32 Å². The molecule has 0 radical (unpaired) electrons. The molecule has 0 atom stereocenters. The van der Waals surface area contributed by atoms with E-state index in [0.717, 1.165) is 5.56 Å². The molecule has 2 aromatic carbocycles. The predicted molar refractivity (Wildman–Crippen MR) is 117 cm³/mol. The molecule has 0 aromatic heterocycles. The van der Waals surface area contributed by atoms with E-state index in [1.807, 2.05) is 13.0 Å². The van der Waals surface area contributed by atoms with E-state index in [9.17, 15) is 9.59 Å². The van der Waals surface area contributed by atoms with Crippen molar-refractivity contribution in [3.63, 3.8) is 0 Å². The number of anilines is 1. The maximum atomic E-state index is 12.9. The normalized spacial score (nSPS) is 13.8. The maximum absolute atomic E-state index is 12.9. The van der Waals surface area contributed by atoms with Crippen molar-refractivity contribution in [1.29, 1.82) is 0 Å². The molecule has 2 aromatic rings. The van der Waals surface area contributed by atoms with Crippen molar-refractivity contribution >= 4 is 40.8 Å². The number of halogens is 2. The number of benzene rings is 2. The molecular formula is C21H23Cl2N3O4. The quantitative estimate of drug-likeness (QED) is 0.751. The number of ether oxygens (including phenoxy) is 2. The standard InChI is InChI=1S/C21H23Cl2N3O4/c1-13-4-5-15(12-16(13)22)24-21(28)26-8-6-25(7-9-26)20(27)14-10-17(23)19(30-3)18(11-14)29-2/h4-5,10-12H,6-9H2,1-3H3,(H,24,28). The van der Waals surface area contributed by atoms with Crippen LogP contribution in [0.3, 0.4) is 0 Å². The number of piperazine rings is 1. The van der Waals surface area contributed by atoms with Crippen LogP contribution in [-0.4, -0.2) is 62.1 Å². The number of carbonyl (C=O) groups excluding carboxylic acids is 2. The summed E-state index contributed by atoms with van der Waals surface area (Å²) in [5, 5.41) is 3.74. The zero-order valence-electron chi connectivity index (χ0n) is 17.0. The minimum atomic E-state index is -0.226. The van der Waals surface area contributed by atoms with Crippen LogP contribution in [0, 0.1) is 6.92 Å². The summed E-state index contributed by atoms with van der Waals surface area (Å²) < 4.78 is 10.5. The fourth-order valence-corrected chi connectivity index (χ4v) is 3.68. The SMILES string of the molecule is COc1cc(C(=O)N2CCN(C(=O)Nc3ccc(C)c(Cl)c3)CC2)cc(Cl)c1OC. The first-order valence-corrected chi connectivity index (χ1v) is 10.1. The Morgan fingerprint density at radius 3 is 2.20 bits per heavy atom. The number of urea groups is 1. The predicted octanol–water partition coefficient (Wildman–Crippen LogP) is 4.31. The maximum Gasteiger partial charge on any atom is 0.321 e. The number of nitrogens with one attached hydrogen (secondary N) is 1. The summed E-state index contributed by atoms with van der Waals surface area (Å²) in [6.07, 6.45) is 0. The zero-order chi connectivity index (χ0) is 21.8. The minimum absolute atomic E-state index is 0.178. The molecule has 0 spiro atoms. The Morgan fingerprint density at radius 2 is 1.60 bits per heavy atom. The Kier molecular flexibility index (Phi) is 6.95. The molecule has 1 N–H and O–H groups in total. The Morgan fingerprint density at radius 1 is 0.933 bits per heavy atom. The Labute approximate surface area is 185 Å². The monoisotopic (exact) mass is 451 g/mol. The summed E-state index contributed by atoms with van der Waals surface area (Å²) in [5.41, 5.74) is 1.98. The lowest BCUT2D eigenvalue weighted by Crippen LogP contribution is -2.51. The third kappa shape index (κ3) is 4.74. The molecule has 1 heterocycles. The van der Waals surface area contributed by atoms with Gasteiger partial charge in [-0.3, -0.25) is 4.79 Å². The molecule has 160 valence electrons. The molecule has 9 heteroatoms. The van der Waals surface area contributed by atoms with E-state index < -0.39 is 0 Å². The van der Waals surface area contributed by atoms with Crippen LogP contribution in [-0.2, 0) is 0 Å². The largest absolute Gasteiger partial charge is 0.493 e. The van der Waals surface area contributed by atoms with Crippen molar-refractivity contribution in [2.24, 2.45) is 0 Å². The summed E-state index contributed by atoms with van der Waals surface area (Å²) in [6.45, 7) is 3.55. The molecular weight excluding hydrogens is 429 g/mol. The number of hydrogen-bond acceptors (Lipinski definition) is 4. The number of amides is 3. The summed E-state index contributed by atoms with van der Waals surface area (Å²) in [5.74, 6) is 0.597. The minimum Gasteiger partial charge on any atom is -0.493 e. The molecule has 7 nitrogen and oxygen atoms in total. The lowest BCUT2D eigenvalue weighted by atomic mass is 10.1. The Balaban J connectivity index is 1.62. The molecule has 0 saturated carbocycles. The van der Waals surface area contributed by atoms with Gasteiger partial charge < -0.3 is 24.6 Å². The van der Waals surface area contributed by atoms with Gasteiger partial charge in [0.25, 0.3) is 5.91 Å². The van der Waals surface area contributed by atoms with Gasteiger partial charge in [0.2, 0.25) is 0 Å². The topological polar surface area (TPSA) is 71.1 Å². The molecule has 0 bridgehead atoms.